The van der Waals surface area contributed by atoms with Crippen LogP contribution in [0.4, 0.5) is 10.1 Å². The van der Waals surface area contributed by atoms with E-state index in [0.29, 0.717) is 14.9 Å². The van der Waals surface area contributed by atoms with E-state index >= 15 is 0 Å². The number of benzene rings is 2. The van der Waals surface area contributed by atoms with Gasteiger partial charge in [-0.05, 0) is 29.8 Å². The molecule has 2 aromatic carbocycles. The molecule has 0 N–H and O–H groups in total. The van der Waals surface area contributed by atoms with Crippen LogP contribution in [-0.2, 0) is 16.6 Å². The summed E-state index contributed by atoms with van der Waals surface area (Å²) in [6.45, 7) is 0. The van der Waals surface area contributed by atoms with Crippen molar-refractivity contribution in [2.24, 2.45) is 0 Å². The summed E-state index contributed by atoms with van der Waals surface area (Å²) in [5, 5.41) is 10.6. The predicted molar refractivity (Wildman–Crippen MR) is 77.3 cm³/mol. The SMILES string of the molecule is O=[N+]([O-])c1ccc(CS(=O)c2ccc(F)cc2)c(Br)c1. The maximum absolute atomic E-state index is 12.8. The van der Waals surface area contributed by atoms with Crippen molar-refractivity contribution < 1.29 is 13.5 Å². The van der Waals surface area contributed by atoms with Gasteiger partial charge in [0.1, 0.15) is 5.82 Å². The van der Waals surface area contributed by atoms with Gasteiger partial charge in [0.2, 0.25) is 0 Å². The fourth-order valence-electron chi connectivity index (χ4n) is 1.58. The van der Waals surface area contributed by atoms with E-state index in [9.17, 15) is 18.7 Å². The molecular weight excluding hydrogens is 349 g/mol. The van der Waals surface area contributed by atoms with Crippen LogP contribution in [0.3, 0.4) is 0 Å². The number of nitro groups is 1. The van der Waals surface area contributed by atoms with Gasteiger partial charge in [-0.3, -0.25) is 14.3 Å². The molecule has 7 heteroatoms. The Balaban J connectivity index is 2.19. The molecule has 0 spiro atoms. The molecule has 1 atom stereocenters. The van der Waals surface area contributed by atoms with Crippen molar-refractivity contribution >= 4 is 32.4 Å². The summed E-state index contributed by atoms with van der Waals surface area (Å²) in [5.74, 6) is -0.188. The van der Waals surface area contributed by atoms with Gasteiger partial charge in [0.05, 0.1) is 21.5 Å². The number of nitrogens with zero attached hydrogens (tertiary/aromatic N) is 1. The molecule has 4 nitrogen and oxygen atoms in total. The highest BCUT2D eigenvalue weighted by Crippen LogP contribution is 2.25. The highest BCUT2D eigenvalue weighted by molar-refractivity contribution is 9.10. The molecule has 104 valence electrons. The lowest BCUT2D eigenvalue weighted by Crippen LogP contribution is -1.98. The highest BCUT2D eigenvalue weighted by atomic mass is 79.9. The Kier molecular flexibility index (Phi) is 4.61. The van der Waals surface area contributed by atoms with Crippen molar-refractivity contribution in [2.75, 3.05) is 0 Å². The summed E-state index contributed by atoms with van der Waals surface area (Å²) in [6, 6.07) is 9.72. The molecule has 20 heavy (non-hydrogen) atoms. The van der Waals surface area contributed by atoms with Crippen molar-refractivity contribution in [3.8, 4) is 0 Å². The van der Waals surface area contributed by atoms with Crippen molar-refractivity contribution in [3.63, 3.8) is 0 Å². The minimum Gasteiger partial charge on any atom is -0.258 e. The predicted octanol–water partition coefficient (Wildman–Crippen LogP) is 3.80. The second-order valence-electron chi connectivity index (χ2n) is 3.98. The Hall–Kier alpha value is -1.60. The lowest BCUT2D eigenvalue weighted by atomic mass is 10.2. The number of hydrogen-bond acceptors (Lipinski definition) is 3. The van der Waals surface area contributed by atoms with Crippen LogP contribution in [0.15, 0.2) is 51.8 Å². The first-order chi connectivity index (χ1) is 9.47. The van der Waals surface area contributed by atoms with E-state index in [1.807, 2.05) is 0 Å². The Morgan fingerprint density at radius 1 is 1.20 bits per heavy atom. The summed E-state index contributed by atoms with van der Waals surface area (Å²) in [7, 11) is -1.34. The number of hydrogen-bond donors (Lipinski definition) is 0. The molecule has 0 aliphatic heterocycles. The summed E-state index contributed by atoms with van der Waals surface area (Å²) in [5.41, 5.74) is 0.659. The molecule has 0 aliphatic carbocycles. The molecule has 0 amide bonds. The molecule has 2 aromatic rings. The Morgan fingerprint density at radius 2 is 1.85 bits per heavy atom. The monoisotopic (exact) mass is 357 g/mol. The first-order valence-electron chi connectivity index (χ1n) is 5.54. The van der Waals surface area contributed by atoms with Crippen molar-refractivity contribution in [2.45, 2.75) is 10.6 Å². The van der Waals surface area contributed by atoms with Crippen molar-refractivity contribution in [1.82, 2.24) is 0 Å². The van der Waals surface area contributed by atoms with Crippen LogP contribution >= 0.6 is 15.9 Å². The zero-order valence-electron chi connectivity index (χ0n) is 10.1. The van der Waals surface area contributed by atoms with Gasteiger partial charge in [-0.2, -0.15) is 0 Å². The van der Waals surface area contributed by atoms with Gasteiger partial charge in [0.25, 0.3) is 5.69 Å². The third-order valence-corrected chi connectivity index (χ3v) is 4.72. The standard InChI is InChI=1S/C13H9BrFNO3S/c14-13-7-11(16(17)18)4-1-9(13)8-20(19)12-5-2-10(15)3-6-12/h1-7H,8H2. The highest BCUT2D eigenvalue weighted by Gasteiger charge is 2.12. The summed E-state index contributed by atoms with van der Waals surface area (Å²) in [4.78, 5) is 10.6. The zero-order chi connectivity index (χ0) is 14.7. The molecule has 1 unspecified atom stereocenters. The van der Waals surface area contributed by atoms with E-state index in [0.717, 1.165) is 0 Å². The number of halogens is 2. The molecule has 0 fully saturated rings. The average molecular weight is 358 g/mol. The molecular formula is C13H9BrFNO3S. The van der Waals surface area contributed by atoms with Gasteiger partial charge in [-0.15, -0.1) is 0 Å². The van der Waals surface area contributed by atoms with Crippen LogP contribution in [0.5, 0.6) is 0 Å². The van der Waals surface area contributed by atoms with Gasteiger partial charge in [-0.25, -0.2) is 4.39 Å². The van der Waals surface area contributed by atoms with Gasteiger partial charge in [0.15, 0.2) is 0 Å². The van der Waals surface area contributed by atoms with Crippen LogP contribution in [-0.4, -0.2) is 9.13 Å². The number of nitro benzene ring substituents is 1. The third-order valence-electron chi connectivity index (χ3n) is 2.61. The van der Waals surface area contributed by atoms with E-state index in [2.05, 4.69) is 15.9 Å². The molecule has 0 saturated heterocycles. The molecule has 0 radical (unpaired) electrons. The van der Waals surface area contributed by atoms with E-state index < -0.39 is 15.7 Å². The van der Waals surface area contributed by atoms with E-state index in [-0.39, 0.29) is 17.3 Å². The quantitative estimate of drug-likeness (QED) is 0.617. The van der Waals surface area contributed by atoms with Crippen molar-refractivity contribution in [3.05, 3.63) is 68.4 Å². The second-order valence-corrected chi connectivity index (χ2v) is 6.28. The number of rotatable bonds is 4. The van der Waals surface area contributed by atoms with Gasteiger partial charge in [-0.1, -0.05) is 22.0 Å². The Bertz CT molecular complexity index is 676. The Morgan fingerprint density at radius 3 is 2.40 bits per heavy atom. The summed E-state index contributed by atoms with van der Waals surface area (Å²) >= 11 is 3.23. The van der Waals surface area contributed by atoms with Gasteiger partial charge < -0.3 is 0 Å². The molecule has 0 saturated carbocycles. The maximum Gasteiger partial charge on any atom is 0.270 e. The molecule has 0 aliphatic rings. The van der Waals surface area contributed by atoms with Gasteiger partial charge >= 0.3 is 0 Å². The fraction of sp³-hybridized carbons (Fsp3) is 0.0769. The summed E-state index contributed by atoms with van der Waals surface area (Å²) in [6.07, 6.45) is 0. The fourth-order valence-corrected chi connectivity index (χ4v) is 3.41. The molecule has 0 aromatic heterocycles. The van der Waals surface area contributed by atoms with Crippen LogP contribution < -0.4 is 0 Å². The molecule has 2 rings (SSSR count). The van der Waals surface area contributed by atoms with Gasteiger partial charge in [0, 0.05) is 21.5 Å². The number of non-ortho nitro benzene ring substituents is 1. The zero-order valence-corrected chi connectivity index (χ0v) is 12.5. The first-order valence-corrected chi connectivity index (χ1v) is 7.65. The van der Waals surface area contributed by atoms with E-state index in [1.54, 1.807) is 6.07 Å². The van der Waals surface area contributed by atoms with Crippen LogP contribution in [0.25, 0.3) is 0 Å². The topological polar surface area (TPSA) is 60.2 Å². The first kappa shape index (κ1) is 14.8. The average Bonchev–Trinajstić information content (AvgIpc) is 2.41. The largest absolute Gasteiger partial charge is 0.270 e. The third kappa shape index (κ3) is 3.49. The smallest absolute Gasteiger partial charge is 0.258 e. The Labute approximate surface area is 125 Å². The molecule has 0 bridgehead atoms. The van der Waals surface area contributed by atoms with Crippen LogP contribution in [0.2, 0.25) is 0 Å². The van der Waals surface area contributed by atoms with E-state index in [1.165, 1.54) is 36.4 Å². The van der Waals surface area contributed by atoms with Crippen LogP contribution in [0.1, 0.15) is 5.56 Å². The minimum atomic E-state index is -1.34. The normalized spacial score (nSPS) is 12.1. The maximum atomic E-state index is 12.8. The lowest BCUT2D eigenvalue weighted by Gasteiger charge is -2.05. The lowest BCUT2D eigenvalue weighted by molar-refractivity contribution is -0.384. The molecule has 0 heterocycles. The van der Waals surface area contributed by atoms with Crippen LogP contribution in [0, 0.1) is 15.9 Å². The second kappa shape index (κ2) is 6.23. The van der Waals surface area contributed by atoms with Crippen molar-refractivity contribution in [1.29, 1.82) is 0 Å². The van der Waals surface area contributed by atoms with E-state index in [4.69, 9.17) is 0 Å². The minimum absolute atomic E-state index is 0.0341. The summed E-state index contributed by atoms with van der Waals surface area (Å²) < 4.78 is 25.5.